The molecule has 3 nitrogen and oxygen atoms in total. The van der Waals surface area contributed by atoms with Crippen LogP contribution in [0.15, 0.2) is 30.3 Å². The minimum absolute atomic E-state index is 0.359. The van der Waals surface area contributed by atoms with Gasteiger partial charge in [-0.1, -0.05) is 30.3 Å². The summed E-state index contributed by atoms with van der Waals surface area (Å²) in [7, 11) is 0. The summed E-state index contributed by atoms with van der Waals surface area (Å²) in [4.78, 5) is 16.1. The summed E-state index contributed by atoms with van der Waals surface area (Å²) < 4.78 is 0. The van der Waals surface area contributed by atoms with Crippen LogP contribution >= 0.6 is 11.3 Å². The van der Waals surface area contributed by atoms with E-state index in [-0.39, 0.29) is 0 Å². The van der Waals surface area contributed by atoms with Gasteiger partial charge in [0.25, 0.3) is 0 Å². The van der Waals surface area contributed by atoms with Crippen molar-refractivity contribution in [2.75, 3.05) is 0 Å². The number of aromatic carboxylic acids is 1. The van der Waals surface area contributed by atoms with Gasteiger partial charge in [-0.2, -0.15) is 0 Å². The third-order valence-corrected chi connectivity index (χ3v) is 4.02. The van der Waals surface area contributed by atoms with E-state index in [1.54, 1.807) is 0 Å². The highest BCUT2D eigenvalue weighted by atomic mass is 32.1. The Morgan fingerprint density at radius 1 is 1.29 bits per heavy atom. The number of hydrogen-bond acceptors (Lipinski definition) is 3. The van der Waals surface area contributed by atoms with Crippen LogP contribution in [-0.2, 0) is 0 Å². The van der Waals surface area contributed by atoms with Crippen LogP contribution in [0, 0.1) is 0 Å². The van der Waals surface area contributed by atoms with Crippen LogP contribution in [0.4, 0.5) is 0 Å². The Morgan fingerprint density at radius 3 is 2.59 bits per heavy atom. The monoisotopic (exact) mass is 245 g/mol. The lowest BCUT2D eigenvalue weighted by Crippen LogP contribution is -1.95. The molecule has 1 aliphatic rings. The first kappa shape index (κ1) is 10.5. The second-order valence-corrected chi connectivity index (χ2v) is 5.21. The number of aromatic nitrogens is 1. The van der Waals surface area contributed by atoms with Crippen LogP contribution in [0.5, 0.6) is 0 Å². The number of rotatable bonds is 3. The molecule has 0 saturated heterocycles. The summed E-state index contributed by atoms with van der Waals surface area (Å²) in [5.74, 6) is -0.385. The van der Waals surface area contributed by atoms with Gasteiger partial charge in [-0.15, -0.1) is 11.3 Å². The second-order valence-electron chi connectivity index (χ2n) is 4.18. The van der Waals surface area contributed by atoms with Crippen molar-refractivity contribution in [1.29, 1.82) is 0 Å². The Kier molecular flexibility index (Phi) is 2.44. The van der Waals surface area contributed by atoms with Crippen molar-refractivity contribution >= 4 is 17.3 Å². The summed E-state index contributed by atoms with van der Waals surface area (Å²) in [6.07, 6.45) is 2.28. The average molecular weight is 245 g/mol. The van der Waals surface area contributed by atoms with Crippen molar-refractivity contribution in [2.45, 2.75) is 18.8 Å². The molecule has 1 saturated carbocycles. The second kappa shape index (κ2) is 3.96. The normalized spacial score (nSPS) is 14.8. The highest BCUT2D eigenvalue weighted by molar-refractivity contribution is 7.14. The molecule has 0 spiro atoms. The Hall–Kier alpha value is -1.68. The third-order valence-electron chi connectivity index (χ3n) is 2.81. The summed E-state index contributed by atoms with van der Waals surface area (Å²) in [6, 6.07) is 9.52. The van der Waals surface area contributed by atoms with Gasteiger partial charge in [0.15, 0.2) is 0 Å². The third kappa shape index (κ3) is 1.96. The van der Waals surface area contributed by atoms with E-state index < -0.39 is 5.97 Å². The zero-order valence-electron chi connectivity index (χ0n) is 9.09. The van der Waals surface area contributed by atoms with Crippen molar-refractivity contribution in [3.05, 3.63) is 40.2 Å². The predicted molar refractivity (Wildman–Crippen MR) is 66.5 cm³/mol. The first-order valence-electron chi connectivity index (χ1n) is 5.55. The maximum atomic E-state index is 11.2. The lowest BCUT2D eigenvalue weighted by atomic mass is 10.1. The largest absolute Gasteiger partial charge is 0.477 e. The van der Waals surface area contributed by atoms with Crippen molar-refractivity contribution in [1.82, 2.24) is 4.98 Å². The van der Waals surface area contributed by atoms with Gasteiger partial charge in [-0.05, 0) is 12.8 Å². The van der Waals surface area contributed by atoms with Crippen LogP contribution in [0.25, 0.3) is 11.3 Å². The summed E-state index contributed by atoms with van der Waals surface area (Å²) in [5, 5.41) is 10.2. The molecular formula is C13H11NO2S. The molecule has 1 N–H and O–H groups in total. The Bertz CT molecular complexity index is 558. The van der Waals surface area contributed by atoms with Crippen molar-refractivity contribution in [3.63, 3.8) is 0 Å². The van der Waals surface area contributed by atoms with Gasteiger partial charge in [0.05, 0.1) is 10.7 Å². The molecule has 0 amide bonds. The quantitative estimate of drug-likeness (QED) is 0.901. The molecule has 0 unspecified atom stereocenters. The summed E-state index contributed by atoms with van der Waals surface area (Å²) >= 11 is 1.32. The Balaban J connectivity index is 2.10. The molecule has 0 radical (unpaired) electrons. The van der Waals surface area contributed by atoms with E-state index >= 15 is 0 Å². The molecule has 1 heterocycles. The smallest absolute Gasteiger partial charge is 0.348 e. The minimum Gasteiger partial charge on any atom is -0.477 e. The van der Waals surface area contributed by atoms with E-state index in [4.69, 9.17) is 0 Å². The molecule has 17 heavy (non-hydrogen) atoms. The zero-order chi connectivity index (χ0) is 11.8. The van der Waals surface area contributed by atoms with Gasteiger partial charge in [-0.3, -0.25) is 0 Å². The fraction of sp³-hybridized carbons (Fsp3) is 0.231. The molecule has 0 aliphatic heterocycles. The maximum absolute atomic E-state index is 11.2. The van der Waals surface area contributed by atoms with Crippen molar-refractivity contribution < 1.29 is 9.90 Å². The van der Waals surface area contributed by atoms with E-state index in [0.29, 0.717) is 16.5 Å². The first-order valence-corrected chi connectivity index (χ1v) is 6.37. The van der Waals surface area contributed by atoms with E-state index in [2.05, 4.69) is 4.98 Å². The van der Waals surface area contributed by atoms with Gasteiger partial charge in [0, 0.05) is 11.5 Å². The Labute approximate surface area is 103 Å². The highest BCUT2D eigenvalue weighted by Crippen LogP contribution is 2.44. The molecule has 86 valence electrons. The fourth-order valence-electron chi connectivity index (χ4n) is 1.78. The molecule has 1 aliphatic carbocycles. The fourth-order valence-corrected chi connectivity index (χ4v) is 2.87. The highest BCUT2D eigenvalue weighted by Gasteiger charge is 2.30. The number of thiazole rings is 1. The van der Waals surface area contributed by atoms with Crippen LogP contribution in [-0.4, -0.2) is 16.1 Å². The molecule has 1 aromatic heterocycles. The lowest BCUT2D eigenvalue weighted by Gasteiger charge is -1.97. The maximum Gasteiger partial charge on any atom is 0.348 e. The van der Waals surface area contributed by atoms with Crippen LogP contribution < -0.4 is 0 Å². The van der Waals surface area contributed by atoms with Crippen molar-refractivity contribution in [3.8, 4) is 11.3 Å². The van der Waals surface area contributed by atoms with Gasteiger partial charge in [0.1, 0.15) is 4.88 Å². The van der Waals surface area contributed by atoms with Gasteiger partial charge in [-0.25, -0.2) is 9.78 Å². The summed E-state index contributed by atoms with van der Waals surface area (Å²) in [5.41, 5.74) is 1.50. The number of benzene rings is 1. The standard InChI is InChI=1S/C13H11NO2S/c15-13(16)11-10(8-4-2-1-3-5-8)14-12(17-11)9-6-7-9/h1-5,9H,6-7H2,(H,15,16). The zero-order valence-corrected chi connectivity index (χ0v) is 9.91. The van der Waals surface area contributed by atoms with Gasteiger partial charge >= 0.3 is 5.97 Å². The molecule has 2 aromatic rings. The number of carboxylic acid groups (broad SMARTS) is 1. The SMILES string of the molecule is O=C(O)c1sc(C2CC2)nc1-c1ccccc1. The Morgan fingerprint density at radius 2 is 2.00 bits per heavy atom. The van der Waals surface area contributed by atoms with E-state index in [9.17, 15) is 9.90 Å². The van der Waals surface area contributed by atoms with E-state index in [1.807, 2.05) is 30.3 Å². The molecule has 0 atom stereocenters. The lowest BCUT2D eigenvalue weighted by molar-refractivity contribution is 0.0702. The van der Waals surface area contributed by atoms with E-state index in [1.165, 1.54) is 11.3 Å². The minimum atomic E-state index is -0.881. The van der Waals surface area contributed by atoms with E-state index in [0.717, 1.165) is 23.4 Å². The topological polar surface area (TPSA) is 50.2 Å². The molecule has 1 aromatic carbocycles. The predicted octanol–water partition coefficient (Wildman–Crippen LogP) is 3.39. The summed E-state index contributed by atoms with van der Waals surface area (Å²) in [6.45, 7) is 0. The van der Waals surface area contributed by atoms with Gasteiger partial charge in [0.2, 0.25) is 0 Å². The average Bonchev–Trinajstić information content (AvgIpc) is 3.09. The van der Waals surface area contributed by atoms with Crippen molar-refractivity contribution in [2.24, 2.45) is 0 Å². The molecule has 4 heteroatoms. The number of hydrogen-bond donors (Lipinski definition) is 1. The molecule has 1 fully saturated rings. The van der Waals surface area contributed by atoms with Gasteiger partial charge < -0.3 is 5.11 Å². The molecular weight excluding hydrogens is 234 g/mol. The molecule has 3 rings (SSSR count). The first-order chi connectivity index (χ1) is 8.25. The van der Waals surface area contributed by atoms with Crippen LogP contribution in [0.2, 0.25) is 0 Å². The van der Waals surface area contributed by atoms with Crippen LogP contribution in [0.1, 0.15) is 33.4 Å². The number of carbonyl (C=O) groups is 1. The molecule has 0 bridgehead atoms. The number of carboxylic acids is 1. The van der Waals surface area contributed by atoms with Crippen LogP contribution in [0.3, 0.4) is 0 Å². The number of nitrogens with zero attached hydrogens (tertiary/aromatic N) is 1.